The minimum Gasteiger partial charge on any atom is -0.484 e. The van der Waals surface area contributed by atoms with Gasteiger partial charge >= 0.3 is 12.4 Å². The van der Waals surface area contributed by atoms with Crippen molar-refractivity contribution in [2.75, 3.05) is 22.8 Å². The Labute approximate surface area is 207 Å². The number of amides is 1. The van der Waals surface area contributed by atoms with Gasteiger partial charge in [-0.05, 0) is 60.5 Å². The molecule has 1 aliphatic rings. The third-order valence-corrected chi connectivity index (χ3v) is 7.33. The summed E-state index contributed by atoms with van der Waals surface area (Å²) in [7, 11) is -3.86. The molecule has 6 nitrogen and oxygen atoms in total. The summed E-state index contributed by atoms with van der Waals surface area (Å²) in [4.78, 5) is 12.1. The van der Waals surface area contributed by atoms with E-state index in [0.29, 0.717) is 24.2 Å². The fraction of sp³-hybridized carbons (Fsp3) is 0.208. The Morgan fingerprint density at radius 3 is 2.08 bits per heavy atom. The van der Waals surface area contributed by atoms with Crippen LogP contribution < -0.4 is 14.4 Å². The molecule has 0 atom stereocenters. The molecule has 1 heterocycles. The fourth-order valence-electron chi connectivity index (χ4n) is 3.77. The van der Waals surface area contributed by atoms with Crippen molar-refractivity contribution < 1.29 is 44.3 Å². The van der Waals surface area contributed by atoms with E-state index in [1.54, 1.807) is 12.1 Å². The van der Waals surface area contributed by atoms with Crippen molar-refractivity contribution in [3.05, 3.63) is 83.4 Å². The molecule has 13 heteroatoms. The number of nitrogens with zero attached hydrogens (tertiary/aromatic N) is 1. The molecule has 0 unspecified atom stereocenters. The molecule has 0 aliphatic carbocycles. The third-order valence-electron chi connectivity index (χ3n) is 5.50. The highest BCUT2D eigenvalue weighted by molar-refractivity contribution is 7.92. The van der Waals surface area contributed by atoms with Gasteiger partial charge in [-0.2, -0.15) is 26.3 Å². The molecule has 0 saturated carbocycles. The van der Waals surface area contributed by atoms with Crippen molar-refractivity contribution in [2.24, 2.45) is 0 Å². The first-order chi connectivity index (χ1) is 17.2. The van der Waals surface area contributed by atoms with Crippen LogP contribution in [0.4, 0.5) is 37.7 Å². The zero-order valence-electron chi connectivity index (χ0n) is 18.7. The zero-order valence-corrected chi connectivity index (χ0v) is 19.5. The molecular formula is C24H18F6N2O4S. The number of halogens is 6. The first-order valence-electron chi connectivity index (χ1n) is 10.7. The number of alkyl halides is 6. The summed E-state index contributed by atoms with van der Waals surface area (Å²) in [5.74, 6) is -0.950. The van der Waals surface area contributed by atoms with Gasteiger partial charge in [0.25, 0.3) is 15.9 Å². The zero-order chi connectivity index (χ0) is 27.0. The van der Waals surface area contributed by atoms with Crippen LogP contribution in [0.2, 0.25) is 0 Å². The number of benzene rings is 3. The van der Waals surface area contributed by atoms with E-state index in [2.05, 4.69) is 0 Å². The quantitative estimate of drug-likeness (QED) is 0.417. The number of hydrogen-bond donors (Lipinski definition) is 1. The molecule has 0 radical (unpaired) electrons. The number of rotatable bonds is 6. The minimum absolute atomic E-state index is 0.0235. The van der Waals surface area contributed by atoms with Gasteiger partial charge < -0.3 is 10.1 Å². The van der Waals surface area contributed by atoms with Gasteiger partial charge in [0.1, 0.15) is 5.75 Å². The number of nitrogens with one attached hydrogen (secondary N) is 1. The van der Waals surface area contributed by atoms with Crippen molar-refractivity contribution in [1.82, 2.24) is 0 Å². The maximum atomic E-state index is 13.0. The minimum atomic E-state index is -5.06. The van der Waals surface area contributed by atoms with Gasteiger partial charge in [0, 0.05) is 12.2 Å². The van der Waals surface area contributed by atoms with E-state index in [4.69, 9.17) is 4.74 Å². The van der Waals surface area contributed by atoms with E-state index in [1.165, 1.54) is 28.6 Å². The molecule has 37 heavy (non-hydrogen) atoms. The summed E-state index contributed by atoms with van der Waals surface area (Å²) in [5, 5.41) is 1.95. The number of anilines is 2. The Morgan fingerprint density at radius 1 is 0.892 bits per heavy atom. The van der Waals surface area contributed by atoms with E-state index in [-0.39, 0.29) is 23.3 Å². The molecule has 3 aromatic rings. The molecule has 0 saturated heterocycles. The first kappa shape index (κ1) is 26.3. The highest BCUT2D eigenvalue weighted by atomic mass is 32.2. The lowest BCUT2D eigenvalue weighted by molar-refractivity contribution is -0.143. The van der Waals surface area contributed by atoms with Gasteiger partial charge in [-0.3, -0.25) is 9.10 Å². The molecule has 1 N–H and O–H groups in total. The van der Waals surface area contributed by atoms with Gasteiger partial charge in [-0.1, -0.05) is 18.2 Å². The summed E-state index contributed by atoms with van der Waals surface area (Å²) in [6.07, 6.45) is -9.55. The van der Waals surface area contributed by atoms with Crippen molar-refractivity contribution in [1.29, 1.82) is 0 Å². The summed E-state index contributed by atoms with van der Waals surface area (Å²) < 4.78 is 110. The molecule has 0 fully saturated rings. The smallest absolute Gasteiger partial charge is 0.416 e. The predicted molar refractivity (Wildman–Crippen MR) is 122 cm³/mol. The number of fused-ring (bicyclic) bond motifs is 1. The topological polar surface area (TPSA) is 75.7 Å². The SMILES string of the molecule is O=C(COc1ccc(S(=O)(=O)N2CCc3ccccc32)cc1)Nc1cc(C(F)(F)F)cc(C(F)(F)F)c1. The molecule has 1 aliphatic heterocycles. The van der Waals surface area contributed by atoms with Gasteiger partial charge in [0.2, 0.25) is 0 Å². The van der Waals surface area contributed by atoms with E-state index in [9.17, 15) is 39.6 Å². The number of hydrogen-bond acceptors (Lipinski definition) is 4. The van der Waals surface area contributed by atoms with Crippen molar-refractivity contribution in [3.63, 3.8) is 0 Å². The van der Waals surface area contributed by atoms with Crippen LogP contribution in [0.25, 0.3) is 0 Å². The average Bonchev–Trinajstić information content (AvgIpc) is 3.27. The molecule has 0 spiro atoms. The van der Waals surface area contributed by atoms with Crippen LogP contribution in [0.1, 0.15) is 16.7 Å². The highest BCUT2D eigenvalue weighted by Crippen LogP contribution is 2.37. The van der Waals surface area contributed by atoms with Crippen LogP contribution in [-0.4, -0.2) is 27.5 Å². The molecule has 1 amide bonds. The maximum Gasteiger partial charge on any atom is 0.416 e. The number of ether oxygens (including phenoxy) is 1. The Balaban J connectivity index is 1.42. The van der Waals surface area contributed by atoms with Crippen LogP contribution in [0.5, 0.6) is 5.75 Å². The summed E-state index contributed by atoms with van der Waals surface area (Å²) in [5.41, 5.74) is -2.36. The molecule has 196 valence electrons. The second kappa shape index (κ2) is 9.61. The van der Waals surface area contributed by atoms with Crippen LogP contribution in [0.3, 0.4) is 0 Å². The van der Waals surface area contributed by atoms with Gasteiger partial charge in [0.05, 0.1) is 21.7 Å². The van der Waals surface area contributed by atoms with Gasteiger partial charge in [-0.25, -0.2) is 8.42 Å². The van der Waals surface area contributed by atoms with E-state index in [1.807, 2.05) is 17.4 Å². The van der Waals surface area contributed by atoms with Gasteiger partial charge in [0.15, 0.2) is 6.61 Å². The van der Waals surface area contributed by atoms with E-state index >= 15 is 0 Å². The van der Waals surface area contributed by atoms with Crippen molar-refractivity contribution >= 4 is 27.3 Å². The molecule has 0 aromatic heterocycles. The summed E-state index contributed by atoms with van der Waals surface area (Å²) in [6.45, 7) is -0.463. The second-order valence-electron chi connectivity index (χ2n) is 8.06. The Kier molecular flexibility index (Phi) is 6.84. The predicted octanol–water partition coefficient (Wildman–Crippen LogP) is 5.49. The van der Waals surface area contributed by atoms with Crippen LogP contribution in [0.15, 0.2) is 71.6 Å². The lowest BCUT2D eigenvalue weighted by atomic mass is 10.1. The maximum absolute atomic E-state index is 13.0. The van der Waals surface area contributed by atoms with E-state index in [0.717, 1.165) is 5.56 Å². The summed E-state index contributed by atoms with van der Waals surface area (Å²) in [6, 6.07) is 12.9. The van der Waals surface area contributed by atoms with Crippen molar-refractivity contribution in [3.8, 4) is 5.75 Å². The first-order valence-corrected chi connectivity index (χ1v) is 12.1. The standard InChI is InChI=1S/C24H18F6N2O4S/c25-23(26,27)16-11-17(24(28,29)30)13-18(12-16)31-22(33)14-36-19-5-7-20(8-6-19)37(34,35)32-10-9-15-3-1-2-4-21(15)32/h1-8,11-13H,9-10,14H2,(H,31,33). The molecular weight excluding hydrogens is 526 g/mol. The normalized spacial score (nSPS) is 13.8. The summed E-state index contributed by atoms with van der Waals surface area (Å²) >= 11 is 0. The molecule has 0 bridgehead atoms. The van der Waals surface area contributed by atoms with E-state index < -0.39 is 51.7 Å². The van der Waals surface area contributed by atoms with Crippen LogP contribution >= 0.6 is 0 Å². The highest BCUT2D eigenvalue weighted by Gasteiger charge is 2.37. The average molecular weight is 544 g/mol. The van der Waals surface area contributed by atoms with Gasteiger partial charge in [-0.15, -0.1) is 0 Å². The van der Waals surface area contributed by atoms with Crippen LogP contribution in [0, 0.1) is 0 Å². The Hall–Kier alpha value is -3.74. The number of carbonyl (C=O) groups is 1. The molecule has 4 rings (SSSR count). The second-order valence-corrected chi connectivity index (χ2v) is 9.92. The van der Waals surface area contributed by atoms with Crippen LogP contribution in [-0.2, 0) is 33.6 Å². The molecule has 3 aromatic carbocycles. The monoisotopic (exact) mass is 544 g/mol. The largest absolute Gasteiger partial charge is 0.484 e. The van der Waals surface area contributed by atoms with Crippen molar-refractivity contribution in [2.45, 2.75) is 23.7 Å². The number of para-hydroxylation sites is 1. The fourth-order valence-corrected chi connectivity index (χ4v) is 5.27. The Bertz CT molecular complexity index is 1390. The lowest BCUT2D eigenvalue weighted by Gasteiger charge is -2.19. The lowest BCUT2D eigenvalue weighted by Crippen LogP contribution is -2.29. The number of carbonyl (C=O) groups excluding carboxylic acids is 1. The Morgan fingerprint density at radius 2 is 1.49 bits per heavy atom. The number of sulfonamides is 1. The third kappa shape index (κ3) is 5.82.